The number of carbonyl (C=O) groups excluding carboxylic acids is 1. The SMILES string of the molecule is I.NC(=NCc1cccc(NC(=O)N2CCCC2)c1)NC1CC1. The first-order valence-electron chi connectivity index (χ1n) is 7.92. The summed E-state index contributed by atoms with van der Waals surface area (Å²) in [6.07, 6.45) is 4.54. The molecule has 2 aliphatic rings. The fourth-order valence-electron chi connectivity index (χ4n) is 2.53. The highest BCUT2D eigenvalue weighted by molar-refractivity contribution is 14.0. The number of amides is 2. The number of urea groups is 1. The number of hydrogen-bond donors (Lipinski definition) is 3. The predicted molar refractivity (Wildman–Crippen MR) is 103 cm³/mol. The predicted octanol–water partition coefficient (Wildman–Crippen LogP) is 2.50. The van der Waals surface area contributed by atoms with E-state index in [1.165, 1.54) is 12.8 Å². The van der Waals surface area contributed by atoms with Gasteiger partial charge in [-0.15, -0.1) is 24.0 Å². The summed E-state index contributed by atoms with van der Waals surface area (Å²) in [6, 6.07) is 8.24. The van der Waals surface area contributed by atoms with Crippen molar-refractivity contribution < 1.29 is 4.79 Å². The molecule has 2 amide bonds. The van der Waals surface area contributed by atoms with E-state index in [1.807, 2.05) is 29.2 Å². The van der Waals surface area contributed by atoms with Crippen LogP contribution in [0.5, 0.6) is 0 Å². The van der Waals surface area contributed by atoms with Crippen LogP contribution in [0.3, 0.4) is 0 Å². The van der Waals surface area contributed by atoms with E-state index < -0.39 is 0 Å². The second-order valence-electron chi connectivity index (χ2n) is 5.94. The second kappa shape index (κ2) is 8.37. The molecule has 3 rings (SSSR count). The molecule has 0 atom stereocenters. The van der Waals surface area contributed by atoms with E-state index in [0.29, 0.717) is 18.5 Å². The molecule has 1 aromatic carbocycles. The van der Waals surface area contributed by atoms with Gasteiger partial charge in [0.05, 0.1) is 6.54 Å². The first-order chi connectivity index (χ1) is 10.7. The molecule has 0 bridgehead atoms. The monoisotopic (exact) mass is 429 g/mol. The number of hydrogen-bond acceptors (Lipinski definition) is 2. The molecule has 1 aliphatic carbocycles. The smallest absolute Gasteiger partial charge is 0.321 e. The second-order valence-corrected chi connectivity index (χ2v) is 5.94. The van der Waals surface area contributed by atoms with Crippen LogP contribution in [0, 0.1) is 0 Å². The molecular formula is C16H24IN5O. The molecule has 1 saturated heterocycles. The summed E-state index contributed by atoms with van der Waals surface area (Å²) >= 11 is 0. The lowest BCUT2D eigenvalue weighted by atomic mass is 10.2. The number of nitrogens with zero attached hydrogens (tertiary/aromatic N) is 2. The lowest BCUT2D eigenvalue weighted by molar-refractivity contribution is 0.222. The number of nitrogens with two attached hydrogens (primary N) is 1. The maximum atomic E-state index is 12.1. The van der Waals surface area contributed by atoms with Crippen molar-refractivity contribution in [3.8, 4) is 0 Å². The summed E-state index contributed by atoms with van der Waals surface area (Å²) in [5, 5.41) is 6.11. The van der Waals surface area contributed by atoms with Gasteiger partial charge in [0.25, 0.3) is 0 Å². The molecule has 0 spiro atoms. The highest BCUT2D eigenvalue weighted by atomic mass is 127. The number of benzene rings is 1. The highest BCUT2D eigenvalue weighted by Crippen LogP contribution is 2.18. The molecule has 1 aromatic rings. The van der Waals surface area contributed by atoms with Gasteiger partial charge in [0.15, 0.2) is 5.96 Å². The number of carbonyl (C=O) groups is 1. The summed E-state index contributed by atoms with van der Waals surface area (Å²) < 4.78 is 0. The van der Waals surface area contributed by atoms with Crippen molar-refractivity contribution in [2.24, 2.45) is 10.7 Å². The van der Waals surface area contributed by atoms with Gasteiger partial charge in [-0.1, -0.05) is 12.1 Å². The molecular weight excluding hydrogens is 405 g/mol. The zero-order valence-electron chi connectivity index (χ0n) is 13.1. The largest absolute Gasteiger partial charge is 0.370 e. The number of guanidine groups is 1. The Labute approximate surface area is 153 Å². The molecule has 1 heterocycles. The molecule has 0 unspecified atom stereocenters. The Hall–Kier alpha value is -1.51. The summed E-state index contributed by atoms with van der Waals surface area (Å²) in [6.45, 7) is 2.21. The Balaban J connectivity index is 0.00000192. The van der Waals surface area contributed by atoms with Gasteiger partial charge in [-0.2, -0.15) is 0 Å². The normalized spacial score (nSPS) is 17.6. The van der Waals surface area contributed by atoms with Gasteiger partial charge in [-0.3, -0.25) is 0 Å². The minimum absolute atomic E-state index is 0. The fourth-order valence-corrected chi connectivity index (χ4v) is 2.53. The molecule has 1 aliphatic heterocycles. The van der Waals surface area contributed by atoms with Gasteiger partial charge >= 0.3 is 6.03 Å². The Bertz CT molecular complexity index is 567. The first-order valence-corrected chi connectivity index (χ1v) is 7.92. The zero-order chi connectivity index (χ0) is 15.4. The van der Waals surface area contributed by atoms with Crippen molar-refractivity contribution >= 4 is 41.7 Å². The third-order valence-electron chi connectivity index (χ3n) is 3.93. The number of aliphatic imine (C=N–C) groups is 1. The molecule has 7 heteroatoms. The van der Waals surface area contributed by atoms with E-state index in [2.05, 4.69) is 15.6 Å². The molecule has 4 N–H and O–H groups in total. The minimum atomic E-state index is -0.0203. The molecule has 6 nitrogen and oxygen atoms in total. The number of rotatable bonds is 4. The summed E-state index contributed by atoms with van der Waals surface area (Å²) in [5.41, 5.74) is 7.66. The van der Waals surface area contributed by atoms with E-state index in [0.717, 1.165) is 37.2 Å². The Morgan fingerprint density at radius 2 is 2.04 bits per heavy atom. The van der Waals surface area contributed by atoms with Crippen LogP contribution in [-0.4, -0.2) is 36.0 Å². The maximum Gasteiger partial charge on any atom is 0.321 e. The number of likely N-dealkylation sites (tertiary alicyclic amines) is 1. The topological polar surface area (TPSA) is 82.7 Å². The van der Waals surface area contributed by atoms with E-state index in [1.54, 1.807) is 0 Å². The lowest BCUT2D eigenvalue weighted by Gasteiger charge is -2.16. The van der Waals surface area contributed by atoms with Crippen LogP contribution in [0.25, 0.3) is 0 Å². The van der Waals surface area contributed by atoms with Gasteiger partial charge in [0, 0.05) is 24.8 Å². The van der Waals surface area contributed by atoms with Crippen molar-refractivity contribution in [2.45, 2.75) is 38.3 Å². The van der Waals surface area contributed by atoms with Gasteiger partial charge in [0.2, 0.25) is 0 Å². The van der Waals surface area contributed by atoms with Crippen molar-refractivity contribution in [1.29, 1.82) is 0 Å². The third-order valence-corrected chi connectivity index (χ3v) is 3.93. The Kier molecular flexibility index (Phi) is 6.49. The average Bonchev–Trinajstić information content (AvgIpc) is 3.15. The first kappa shape index (κ1) is 17.8. The molecule has 0 radical (unpaired) electrons. The quantitative estimate of drug-likeness (QED) is 0.391. The van der Waals surface area contributed by atoms with Gasteiger partial charge in [-0.25, -0.2) is 9.79 Å². The number of halogens is 1. The van der Waals surface area contributed by atoms with Crippen LogP contribution >= 0.6 is 24.0 Å². The van der Waals surface area contributed by atoms with Gasteiger partial charge in [-0.05, 0) is 43.4 Å². The molecule has 2 fully saturated rings. The van der Waals surface area contributed by atoms with Crippen molar-refractivity contribution in [3.05, 3.63) is 29.8 Å². The summed E-state index contributed by atoms with van der Waals surface area (Å²) in [5.74, 6) is 0.494. The summed E-state index contributed by atoms with van der Waals surface area (Å²) in [7, 11) is 0. The summed E-state index contributed by atoms with van der Waals surface area (Å²) in [4.78, 5) is 18.3. The van der Waals surface area contributed by atoms with E-state index in [9.17, 15) is 4.79 Å². The van der Waals surface area contributed by atoms with E-state index in [-0.39, 0.29) is 30.0 Å². The fraction of sp³-hybridized carbons (Fsp3) is 0.500. The van der Waals surface area contributed by atoms with E-state index in [4.69, 9.17) is 5.73 Å². The Morgan fingerprint density at radius 1 is 1.30 bits per heavy atom. The van der Waals surface area contributed by atoms with Crippen LogP contribution in [0.15, 0.2) is 29.3 Å². The van der Waals surface area contributed by atoms with Crippen LogP contribution < -0.4 is 16.4 Å². The number of nitrogens with one attached hydrogen (secondary N) is 2. The molecule has 126 valence electrons. The standard InChI is InChI=1S/C16H23N5O.HI/c17-15(19-13-6-7-13)18-11-12-4-3-5-14(10-12)20-16(22)21-8-1-2-9-21;/h3-5,10,13H,1-2,6-9,11H2,(H,20,22)(H3,17,18,19);1H. The lowest BCUT2D eigenvalue weighted by Crippen LogP contribution is -2.33. The van der Waals surface area contributed by atoms with Gasteiger partial charge < -0.3 is 21.3 Å². The molecule has 0 aromatic heterocycles. The van der Waals surface area contributed by atoms with Crippen LogP contribution in [0.2, 0.25) is 0 Å². The number of anilines is 1. The van der Waals surface area contributed by atoms with Crippen molar-refractivity contribution in [2.75, 3.05) is 18.4 Å². The van der Waals surface area contributed by atoms with Crippen LogP contribution in [0.1, 0.15) is 31.2 Å². The molecule has 23 heavy (non-hydrogen) atoms. The van der Waals surface area contributed by atoms with Gasteiger partial charge in [0.1, 0.15) is 0 Å². The third kappa shape index (κ3) is 5.56. The molecule has 1 saturated carbocycles. The Morgan fingerprint density at radius 3 is 2.74 bits per heavy atom. The zero-order valence-corrected chi connectivity index (χ0v) is 15.5. The maximum absolute atomic E-state index is 12.1. The van der Waals surface area contributed by atoms with Crippen molar-refractivity contribution in [1.82, 2.24) is 10.2 Å². The van der Waals surface area contributed by atoms with Crippen LogP contribution in [0.4, 0.5) is 10.5 Å². The minimum Gasteiger partial charge on any atom is -0.370 e. The average molecular weight is 429 g/mol. The van der Waals surface area contributed by atoms with Crippen LogP contribution in [-0.2, 0) is 6.54 Å². The highest BCUT2D eigenvalue weighted by Gasteiger charge is 2.21. The van der Waals surface area contributed by atoms with E-state index >= 15 is 0 Å². The van der Waals surface area contributed by atoms with Crippen molar-refractivity contribution in [3.63, 3.8) is 0 Å².